The number of nitro benzene ring substituents is 1. The van der Waals surface area contributed by atoms with E-state index >= 15 is 0 Å². The Kier molecular flexibility index (Phi) is 6.65. The number of fused-ring (bicyclic) bond motifs is 2. The lowest BCUT2D eigenvalue weighted by Gasteiger charge is -2.11. The number of benzene rings is 4. The maximum Gasteiger partial charge on any atom is 0.339 e. The first kappa shape index (κ1) is 24.4. The Bertz CT molecular complexity index is 1700. The number of carbonyl (C=O) groups excluding carboxylic acids is 2. The molecule has 1 heterocycles. The fourth-order valence-electron chi connectivity index (χ4n) is 4.07. The monoisotopic (exact) mass is 507 g/mol. The molecule has 5 rings (SSSR count). The highest BCUT2D eigenvalue weighted by atomic mass is 16.6. The number of amides is 1. The molecule has 1 N–H and O–H groups in total. The normalized spacial score (nSPS) is 10.8. The molecule has 0 spiro atoms. The second kappa shape index (κ2) is 10.4. The third-order valence-electron chi connectivity index (χ3n) is 5.98. The largest absolute Gasteiger partial charge is 0.497 e. The van der Waals surface area contributed by atoms with Crippen molar-refractivity contribution >= 4 is 44.9 Å². The Hall–Kier alpha value is -5.31. The predicted octanol–water partition coefficient (Wildman–Crippen LogP) is 5.77. The third-order valence-corrected chi connectivity index (χ3v) is 5.98. The highest BCUT2D eigenvalue weighted by Crippen LogP contribution is 2.29. The molecule has 1 amide bonds. The summed E-state index contributed by atoms with van der Waals surface area (Å²) in [6.45, 7) is -0.528. The zero-order valence-electron chi connectivity index (χ0n) is 20.2. The van der Waals surface area contributed by atoms with Crippen LogP contribution < -0.4 is 10.1 Å². The van der Waals surface area contributed by atoms with Crippen LogP contribution in [0.4, 0.5) is 11.4 Å². The average Bonchev–Trinajstić information content (AvgIpc) is 2.95. The summed E-state index contributed by atoms with van der Waals surface area (Å²) in [6, 6.07) is 25.9. The second-order valence-corrected chi connectivity index (χ2v) is 8.43. The number of ether oxygens (including phenoxy) is 2. The van der Waals surface area contributed by atoms with E-state index in [1.54, 1.807) is 25.3 Å². The summed E-state index contributed by atoms with van der Waals surface area (Å²) >= 11 is 0. The van der Waals surface area contributed by atoms with Crippen LogP contribution in [-0.2, 0) is 9.53 Å². The molecule has 0 bridgehead atoms. The van der Waals surface area contributed by atoms with E-state index in [2.05, 4.69) is 5.32 Å². The Morgan fingerprint density at radius 2 is 1.66 bits per heavy atom. The number of rotatable bonds is 7. The molecular weight excluding hydrogens is 486 g/mol. The van der Waals surface area contributed by atoms with Gasteiger partial charge >= 0.3 is 5.97 Å². The predicted molar refractivity (Wildman–Crippen MR) is 143 cm³/mol. The maximum atomic E-state index is 13.1. The lowest BCUT2D eigenvalue weighted by Crippen LogP contribution is -2.21. The average molecular weight is 508 g/mol. The van der Waals surface area contributed by atoms with E-state index in [4.69, 9.17) is 14.5 Å². The van der Waals surface area contributed by atoms with Crippen molar-refractivity contribution in [2.75, 3.05) is 19.0 Å². The van der Waals surface area contributed by atoms with Crippen molar-refractivity contribution in [3.05, 3.63) is 107 Å². The zero-order valence-corrected chi connectivity index (χ0v) is 20.2. The van der Waals surface area contributed by atoms with Crippen molar-refractivity contribution in [2.45, 2.75) is 0 Å². The van der Waals surface area contributed by atoms with E-state index < -0.39 is 23.4 Å². The van der Waals surface area contributed by atoms with E-state index in [-0.39, 0.29) is 11.3 Å². The lowest BCUT2D eigenvalue weighted by molar-refractivity contribution is -0.384. The van der Waals surface area contributed by atoms with Crippen LogP contribution in [0.15, 0.2) is 91.0 Å². The number of hydrogen-bond acceptors (Lipinski definition) is 7. The van der Waals surface area contributed by atoms with Gasteiger partial charge in [0.1, 0.15) is 5.75 Å². The minimum atomic E-state index is -0.672. The van der Waals surface area contributed by atoms with E-state index in [0.717, 1.165) is 22.1 Å². The minimum Gasteiger partial charge on any atom is -0.497 e. The summed E-state index contributed by atoms with van der Waals surface area (Å²) in [5, 5.41) is 15.9. The number of non-ortho nitro benzene ring substituents is 1. The number of aromatic nitrogens is 1. The molecule has 9 nitrogen and oxygen atoms in total. The molecule has 9 heteroatoms. The van der Waals surface area contributed by atoms with Gasteiger partial charge in [0, 0.05) is 28.8 Å². The molecule has 4 aromatic carbocycles. The van der Waals surface area contributed by atoms with Crippen LogP contribution in [0, 0.1) is 10.1 Å². The molecule has 188 valence electrons. The first-order valence-corrected chi connectivity index (χ1v) is 11.6. The van der Waals surface area contributed by atoms with Gasteiger partial charge in [-0.05, 0) is 53.2 Å². The molecule has 0 fully saturated rings. The molecule has 0 saturated carbocycles. The summed E-state index contributed by atoms with van der Waals surface area (Å²) in [7, 11) is 1.62. The number of nitrogens with zero attached hydrogens (tertiary/aromatic N) is 2. The number of anilines is 1. The number of methoxy groups -OCH3 is 1. The van der Waals surface area contributed by atoms with E-state index in [0.29, 0.717) is 22.3 Å². The molecule has 0 unspecified atom stereocenters. The fourth-order valence-corrected chi connectivity index (χ4v) is 4.07. The van der Waals surface area contributed by atoms with Crippen LogP contribution in [0.3, 0.4) is 0 Å². The van der Waals surface area contributed by atoms with Crippen LogP contribution in [0.25, 0.3) is 32.9 Å². The molecule has 0 aliphatic carbocycles. The number of para-hydroxylation sites is 1. The van der Waals surface area contributed by atoms with Gasteiger partial charge in [-0.15, -0.1) is 0 Å². The van der Waals surface area contributed by atoms with Crippen LogP contribution >= 0.6 is 0 Å². The smallest absolute Gasteiger partial charge is 0.339 e. The Morgan fingerprint density at radius 3 is 2.42 bits per heavy atom. The van der Waals surface area contributed by atoms with E-state index in [1.165, 1.54) is 24.3 Å². The Balaban J connectivity index is 1.38. The van der Waals surface area contributed by atoms with Gasteiger partial charge in [0.2, 0.25) is 0 Å². The van der Waals surface area contributed by atoms with Gasteiger partial charge in [0.25, 0.3) is 11.6 Å². The van der Waals surface area contributed by atoms with Crippen LogP contribution in [-0.4, -0.2) is 35.5 Å². The summed E-state index contributed by atoms with van der Waals surface area (Å²) in [5.41, 5.74) is 2.55. The highest BCUT2D eigenvalue weighted by Gasteiger charge is 2.17. The number of hydrogen-bond donors (Lipinski definition) is 1. The molecule has 0 saturated heterocycles. The van der Waals surface area contributed by atoms with Crippen molar-refractivity contribution in [2.24, 2.45) is 0 Å². The van der Waals surface area contributed by atoms with Gasteiger partial charge in [-0.1, -0.05) is 36.4 Å². The van der Waals surface area contributed by atoms with Crippen molar-refractivity contribution in [1.29, 1.82) is 0 Å². The summed E-state index contributed by atoms with van der Waals surface area (Å²) in [4.78, 5) is 40.4. The van der Waals surface area contributed by atoms with Gasteiger partial charge in [-0.3, -0.25) is 14.9 Å². The van der Waals surface area contributed by atoms with Crippen molar-refractivity contribution < 1.29 is 24.0 Å². The number of nitro groups is 1. The Labute approximate surface area is 216 Å². The van der Waals surface area contributed by atoms with Gasteiger partial charge < -0.3 is 14.8 Å². The number of esters is 1. The molecule has 1 aromatic heterocycles. The molecule has 38 heavy (non-hydrogen) atoms. The summed E-state index contributed by atoms with van der Waals surface area (Å²) < 4.78 is 10.6. The van der Waals surface area contributed by atoms with Crippen molar-refractivity contribution in [3.8, 4) is 17.0 Å². The van der Waals surface area contributed by atoms with Crippen LogP contribution in [0.1, 0.15) is 10.4 Å². The van der Waals surface area contributed by atoms with Crippen LogP contribution in [0.2, 0.25) is 0 Å². The van der Waals surface area contributed by atoms with Crippen molar-refractivity contribution in [3.63, 3.8) is 0 Å². The van der Waals surface area contributed by atoms with Gasteiger partial charge in [-0.25, -0.2) is 9.78 Å². The number of pyridine rings is 1. The Morgan fingerprint density at radius 1 is 0.921 bits per heavy atom. The van der Waals surface area contributed by atoms with Gasteiger partial charge in [0.15, 0.2) is 6.61 Å². The molecule has 0 radical (unpaired) electrons. The molecular formula is C29H21N3O6. The standard InChI is InChI=1S/C29H21N3O6/c1-37-23-13-8-18-14-20(7-6-19(18)15-23)27-16-25(24-4-2-3-5-26(24)31-27)29(34)38-17-28(33)30-21-9-11-22(12-10-21)32(35)36/h2-16H,17H2,1H3,(H,30,33). The van der Waals surface area contributed by atoms with Crippen molar-refractivity contribution in [1.82, 2.24) is 4.98 Å². The minimum absolute atomic E-state index is 0.0964. The quantitative estimate of drug-likeness (QED) is 0.169. The molecule has 0 atom stereocenters. The van der Waals surface area contributed by atoms with Gasteiger partial charge in [0.05, 0.1) is 28.8 Å². The number of nitrogens with one attached hydrogen (secondary N) is 1. The molecule has 5 aromatic rings. The van der Waals surface area contributed by atoms with Crippen LogP contribution in [0.5, 0.6) is 5.75 Å². The topological polar surface area (TPSA) is 121 Å². The highest BCUT2D eigenvalue weighted by molar-refractivity contribution is 6.05. The van der Waals surface area contributed by atoms with Gasteiger partial charge in [-0.2, -0.15) is 0 Å². The first-order valence-electron chi connectivity index (χ1n) is 11.6. The first-order chi connectivity index (χ1) is 18.4. The number of carbonyl (C=O) groups is 2. The molecule has 0 aliphatic heterocycles. The third kappa shape index (κ3) is 5.12. The summed E-state index contributed by atoms with van der Waals surface area (Å²) in [5.74, 6) is -0.485. The lowest BCUT2D eigenvalue weighted by atomic mass is 10.0. The fraction of sp³-hybridized carbons (Fsp3) is 0.0690. The second-order valence-electron chi connectivity index (χ2n) is 8.43. The summed E-state index contributed by atoms with van der Waals surface area (Å²) in [6.07, 6.45) is 0. The maximum absolute atomic E-state index is 13.1. The molecule has 0 aliphatic rings. The SMILES string of the molecule is COc1ccc2cc(-c3cc(C(=O)OCC(=O)Nc4ccc([N+](=O)[O-])cc4)c4ccccc4n3)ccc2c1. The van der Waals surface area contributed by atoms with E-state index in [9.17, 15) is 19.7 Å². The van der Waals surface area contributed by atoms with E-state index in [1.807, 2.05) is 48.5 Å². The zero-order chi connectivity index (χ0) is 26.6.